The molecule has 0 spiro atoms. The largest absolute Gasteiger partial charge is 0.304 e. The Morgan fingerprint density at radius 3 is 1.28 bits per heavy atom. The predicted molar refractivity (Wildman–Crippen MR) is 138 cm³/mol. The summed E-state index contributed by atoms with van der Waals surface area (Å²) >= 11 is 0. The van der Waals surface area contributed by atoms with Crippen molar-refractivity contribution in [3.05, 3.63) is 35.8 Å². The first-order valence-electron chi connectivity index (χ1n) is 11.8. The number of rotatable bonds is 9. The second-order valence-electron chi connectivity index (χ2n) is 10.4. The summed E-state index contributed by atoms with van der Waals surface area (Å²) in [6.45, 7) is 27.0. The van der Waals surface area contributed by atoms with E-state index in [0.29, 0.717) is 0 Å². The maximum Gasteiger partial charge on any atom is 0.0373 e. The van der Waals surface area contributed by atoms with Gasteiger partial charge in [0, 0.05) is 88.7 Å². The summed E-state index contributed by atoms with van der Waals surface area (Å²) in [5.41, 5.74) is 8.16. The highest BCUT2D eigenvalue weighted by Gasteiger charge is 2.26. The van der Waals surface area contributed by atoms with E-state index < -0.39 is 0 Å². The second-order valence-corrected chi connectivity index (χ2v) is 10.4. The van der Waals surface area contributed by atoms with Gasteiger partial charge in [-0.25, -0.2) is 0 Å². The molecule has 0 amide bonds. The van der Waals surface area contributed by atoms with Crippen LogP contribution in [0.2, 0.25) is 0 Å². The first-order chi connectivity index (χ1) is 15.1. The lowest BCUT2D eigenvalue weighted by atomic mass is 9.85. The average Bonchev–Trinajstić information content (AvgIpc) is 2.75. The molecule has 2 saturated heterocycles. The van der Waals surface area contributed by atoms with Crippen molar-refractivity contribution in [1.82, 2.24) is 19.6 Å². The summed E-state index contributed by atoms with van der Waals surface area (Å²) in [6, 6.07) is 0. The van der Waals surface area contributed by atoms with Gasteiger partial charge in [0.25, 0.3) is 0 Å². The van der Waals surface area contributed by atoms with Crippen LogP contribution in [0.3, 0.4) is 0 Å². The van der Waals surface area contributed by atoms with Crippen molar-refractivity contribution in [2.75, 3.05) is 79.5 Å². The fourth-order valence-electron chi connectivity index (χ4n) is 3.95. The normalized spacial score (nSPS) is 20.6. The average molecular weight is 441 g/mol. The van der Waals surface area contributed by atoms with E-state index in [1.807, 2.05) is 12.4 Å². The first kappa shape index (κ1) is 26.5. The van der Waals surface area contributed by atoms with E-state index in [4.69, 9.17) is 0 Å². The van der Waals surface area contributed by atoms with E-state index in [2.05, 4.69) is 96.2 Å². The molecule has 0 atom stereocenters. The maximum absolute atomic E-state index is 4.42. The van der Waals surface area contributed by atoms with Crippen LogP contribution in [0, 0.1) is 10.8 Å². The summed E-state index contributed by atoms with van der Waals surface area (Å²) in [5, 5.41) is 8.85. The lowest BCUT2D eigenvalue weighted by Crippen LogP contribution is -2.46. The lowest BCUT2D eigenvalue weighted by Gasteiger charge is -2.35. The van der Waals surface area contributed by atoms with Gasteiger partial charge in [-0.15, -0.1) is 11.5 Å². The Balaban J connectivity index is 1.96. The van der Waals surface area contributed by atoms with Crippen molar-refractivity contribution >= 4 is 12.4 Å². The van der Waals surface area contributed by atoms with Crippen molar-refractivity contribution < 1.29 is 0 Å². The predicted octanol–water partition coefficient (Wildman–Crippen LogP) is 3.01. The Morgan fingerprint density at radius 1 is 0.688 bits per heavy atom. The van der Waals surface area contributed by atoms with Crippen LogP contribution in [0.1, 0.15) is 27.7 Å². The summed E-state index contributed by atoms with van der Waals surface area (Å²) in [5.74, 6) is 0. The summed E-state index contributed by atoms with van der Waals surface area (Å²) < 4.78 is 0. The van der Waals surface area contributed by atoms with Crippen LogP contribution >= 0.6 is 0 Å². The number of nitrogens with zero attached hydrogens (tertiary/aromatic N) is 6. The molecular formula is C26H44N6. The molecule has 0 aliphatic carbocycles. The van der Waals surface area contributed by atoms with Gasteiger partial charge in [-0.1, -0.05) is 40.9 Å². The van der Waals surface area contributed by atoms with Gasteiger partial charge in [0.15, 0.2) is 0 Å². The molecule has 0 saturated carbocycles. The van der Waals surface area contributed by atoms with Gasteiger partial charge in [-0.2, -0.15) is 10.2 Å². The van der Waals surface area contributed by atoms with Crippen LogP contribution in [-0.2, 0) is 0 Å². The van der Waals surface area contributed by atoms with Gasteiger partial charge in [0.05, 0.1) is 0 Å². The molecule has 2 aliphatic rings. The second kappa shape index (κ2) is 11.9. The number of likely N-dealkylation sites (N-methyl/N-ethyl adjacent to an activating group) is 2. The highest BCUT2D eigenvalue weighted by atomic mass is 15.3. The van der Waals surface area contributed by atoms with Crippen LogP contribution in [0.25, 0.3) is 0 Å². The number of hydrogen-bond donors (Lipinski definition) is 0. The van der Waals surface area contributed by atoms with Gasteiger partial charge in [0.2, 0.25) is 0 Å². The molecule has 2 rings (SSSR count). The molecule has 2 heterocycles. The van der Waals surface area contributed by atoms with E-state index in [1.54, 1.807) is 0 Å². The summed E-state index contributed by atoms with van der Waals surface area (Å²) in [4.78, 5) is 9.67. The van der Waals surface area contributed by atoms with Crippen LogP contribution in [0.15, 0.2) is 46.0 Å². The van der Waals surface area contributed by atoms with Crippen molar-refractivity contribution in [3.63, 3.8) is 0 Å². The zero-order valence-corrected chi connectivity index (χ0v) is 21.3. The van der Waals surface area contributed by atoms with Gasteiger partial charge < -0.3 is 9.80 Å². The lowest BCUT2D eigenvalue weighted by molar-refractivity contribution is 0.160. The van der Waals surface area contributed by atoms with Crippen molar-refractivity contribution in [3.8, 4) is 0 Å². The Bertz CT molecular complexity index is 698. The fraction of sp³-hybridized carbons (Fsp3) is 0.692. The molecule has 0 bridgehead atoms. The highest BCUT2D eigenvalue weighted by Crippen LogP contribution is 2.26. The summed E-state index contributed by atoms with van der Waals surface area (Å²) in [6.07, 6.45) is 3.84. The van der Waals surface area contributed by atoms with Crippen molar-refractivity contribution in [2.24, 2.45) is 21.0 Å². The monoisotopic (exact) mass is 440 g/mol. The van der Waals surface area contributed by atoms with E-state index in [0.717, 1.165) is 76.6 Å². The maximum atomic E-state index is 4.42. The third-order valence-electron chi connectivity index (χ3n) is 6.77. The van der Waals surface area contributed by atoms with Crippen molar-refractivity contribution in [2.45, 2.75) is 27.7 Å². The quantitative estimate of drug-likeness (QED) is 0.314. The van der Waals surface area contributed by atoms with Crippen LogP contribution < -0.4 is 0 Å². The van der Waals surface area contributed by atoms with E-state index >= 15 is 0 Å². The highest BCUT2D eigenvalue weighted by molar-refractivity contribution is 5.73. The molecule has 0 N–H and O–H groups in total. The number of piperazine rings is 2. The Hall–Kier alpha value is -1.78. The molecule has 2 aliphatic heterocycles. The molecule has 0 radical (unpaired) electrons. The van der Waals surface area contributed by atoms with Crippen LogP contribution in [0.5, 0.6) is 0 Å². The molecule has 32 heavy (non-hydrogen) atoms. The zero-order chi connectivity index (χ0) is 23.8. The molecule has 0 aromatic heterocycles. The van der Waals surface area contributed by atoms with Gasteiger partial charge in [0.1, 0.15) is 0 Å². The zero-order valence-electron chi connectivity index (χ0n) is 21.3. The Morgan fingerprint density at radius 2 is 1.00 bits per heavy atom. The summed E-state index contributed by atoms with van der Waals surface area (Å²) in [7, 11) is 4.35. The Kier molecular flexibility index (Phi) is 9.84. The molecule has 0 aromatic rings. The molecule has 0 aromatic carbocycles. The van der Waals surface area contributed by atoms with E-state index in [-0.39, 0.29) is 10.8 Å². The van der Waals surface area contributed by atoms with Crippen molar-refractivity contribution in [1.29, 1.82) is 0 Å². The molecule has 6 nitrogen and oxygen atoms in total. The van der Waals surface area contributed by atoms with E-state index in [9.17, 15) is 0 Å². The minimum absolute atomic E-state index is 0.247. The van der Waals surface area contributed by atoms with E-state index in [1.165, 1.54) is 0 Å². The minimum atomic E-state index is -0.247. The molecule has 6 heteroatoms. The molecule has 2 fully saturated rings. The Labute approximate surface area is 196 Å². The van der Waals surface area contributed by atoms with Gasteiger partial charge >= 0.3 is 0 Å². The SMILES string of the molecule is C=C=C(CN1CCN(C)CC1)C(C)(C)/C=N/N=C/C(C)(C)C(=C=C)CN1CCN(C)CC1. The third-order valence-corrected chi connectivity index (χ3v) is 6.77. The van der Waals surface area contributed by atoms with Crippen LogP contribution in [-0.4, -0.2) is 112 Å². The topological polar surface area (TPSA) is 37.7 Å². The van der Waals surface area contributed by atoms with Gasteiger partial charge in [-0.05, 0) is 25.2 Å². The molecular weight excluding hydrogens is 396 g/mol. The smallest absolute Gasteiger partial charge is 0.0373 e. The fourth-order valence-corrected chi connectivity index (χ4v) is 3.95. The molecule has 0 unspecified atom stereocenters. The molecule has 178 valence electrons. The standard InChI is InChI=1S/C26H44N6/c1-9-23(19-31-15-11-29(7)12-16-31)25(3,4)21-27-28-22-26(5,6)24(10-2)20-32-17-13-30(8)14-18-32/h21-22H,1-2,11-20H2,3-8H3/b27-21+,28-22+. The van der Waals surface area contributed by atoms with Gasteiger partial charge in [-0.3, -0.25) is 9.80 Å². The first-order valence-corrected chi connectivity index (χ1v) is 11.8. The van der Waals surface area contributed by atoms with Crippen LogP contribution in [0.4, 0.5) is 0 Å². The third kappa shape index (κ3) is 7.97. The minimum Gasteiger partial charge on any atom is -0.304 e. The number of hydrogen-bond acceptors (Lipinski definition) is 6.